The Morgan fingerprint density at radius 3 is 2.65 bits per heavy atom. The second-order valence-corrected chi connectivity index (χ2v) is 4.14. The Morgan fingerprint density at radius 1 is 1.35 bits per heavy atom. The molecule has 0 atom stereocenters. The van der Waals surface area contributed by atoms with Crippen LogP contribution in [-0.2, 0) is 4.79 Å². The molecule has 0 bridgehead atoms. The fourth-order valence-corrected chi connectivity index (χ4v) is 1.94. The summed E-state index contributed by atoms with van der Waals surface area (Å²) in [5, 5.41) is 8.99. The van der Waals surface area contributed by atoms with Crippen LogP contribution < -0.4 is 9.64 Å². The molecule has 108 valence electrons. The van der Waals surface area contributed by atoms with Gasteiger partial charge in [0.2, 0.25) is 5.91 Å². The number of aromatic carboxylic acids is 1. The fourth-order valence-electron chi connectivity index (χ4n) is 1.94. The number of nitrogens with zero attached hydrogens (tertiary/aromatic N) is 1. The fraction of sp³-hybridized carbons (Fsp3) is 0.333. The molecule has 2 rings (SSSR count). The summed E-state index contributed by atoms with van der Waals surface area (Å²) in [6.07, 6.45) is -6.20. The summed E-state index contributed by atoms with van der Waals surface area (Å²) >= 11 is 0. The van der Waals surface area contributed by atoms with Crippen LogP contribution in [0.2, 0.25) is 0 Å². The third-order valence-corrected chi connectivity index (χ3v) is 2.73. The molecule has 0 spiro atoms. The van der Waals surface area contributed by atoms with Crippen LogP contribution >= 0.6 is 0 Å². The van der Waals surface area contributed by atoms with Gasteiger partial charge in [-0.25, -0.2) is 4.79 Å². The average molecular weight is 289 g/mol. The van der Waals surface area contributed by atoms with E-state index in [9.17, 15) is 22.8 Å². The standard InChI is InChI=1S/C12H10F3NO4/c13-12(14,15)6-9(17)16-4-5-20-10-7(11(18)19)2-1-3-8(10)16/h1-3H,4-6H2,(H,18,19). The number of halogens is 3. The topological polar surface area (TPSA) is 66.8 Å². The van der Waals surface area contributed by atoms with Crippen LogP contribution in [0.4, 0.5) is 18.9 Å². The van der Waals surface area contributed by atoms with Gasteiger partial charge in [-0.1, -0.05) is 6.07 Å². The van der Waals surface area contributed by atoms with Crippen LogP contribution in [0.15, 0.2) is 18.2 Å². The Balaban J connectivity index is 2.36. The summed E-state index contributed by atoms with van der Waals surface area (Å²) in [6.45, 7) is -0.105. The quantitative estimate of drug-likeness (QED) is 0.905. The lowest BCUT2D eigenvalue weighted by Gasteiger charge is -2.30. The first-order valence-corrected chi connectivity index (χ1v) is 5.66. The van der Waals surface area contributed by atoms with Crippen LogP contribution in [0.3, 0.4) is 0 Å². The molecule has 5 nitrogen and oxygen atoms in total. The monoisotopic (exact) mass is 289 g/mol. The number of carbonyl (C=O) groups is 2. The molecular formula is C12H10F3NO4. The number of anilines is 1. The van der Waals surface area contributed by atoms with Crippen LogP contribution in [0.1, 0.15) is 16.8 Å². The highest BCUT2D eigenvalue weighted by Gasteiger charge is 2.36. The third-order valence-electron chi connectivity index (χ3n) is 2.73. The van der Waals surface area contributed by atoms with Crippen LogP contribution in [-0.4, -0.2) is 36.3 Å². The summed E-state index contributed by atoms with van der Waals surface area (Å²) in [5.74, 6) is -2.49. The van der Waals surface area contributed by atoms with Gasteiger partial charge in [0.05, 0.1) is 12.2 Å². The molecule has 0 unspecified atom stereocenters. The molecule has 20 heavy (non-hydrogen) atoms. The SMILES string of the molecule is O=C(O)c1cccc2c1OCCN2C(=O)CC(F)(F)F. The lowest BCUT2D eigenvalue weighted by atomic mass is 10.1. The summed E-state index contributed by atoms with van der Waals surface area (Å²) in [7, 11) is 0. The van der Waals surface area contributed by atoms with Gasteiger partial charge >= 0.3 is 12.1 Å². The number of ether oxygens (including phenoxy) is 1. The number of para-hydroxylation sites is 1. The minimum Gasteiger partial charge on any atom is -0.489 e. The van der Waals surface area contributed by atoms with Gasteiger partial charge in [0, 0.05) is 0 Å². The van der Waals surface area contributed by atoms with E-state index in [1.54, 1.807) is 0 Å². The number of fused-ring (bicyclic) bond motifs is 1. The molecule has 1 aliphatic heterocycles. The van der Waals surface area contributed by atoms with Crippen molar-refractivity contribution in [1.29, 1.82) is 0 Å². The van der Waals surface area contributed by atoms with Gasteiger partial charge in [-0.2, -0.15) is 13.2 Å². The number of carboxylic acid groups (broad SMARTS) is 1. The van der Waals surface area contributed by atoms with Gasteiger partial charge in [0.25, 0.3) is 0 Å². The maximum absolute atomic E-state index is 12.3. The Kier molecular flexibility index (Phi) is 3.56. The predicted octanol–water partition coefficient (Wildman–Crippen LogP) is 2.06. The Hall–Kier alpha value is -2.25. The smallest absolute Gasteiger partial charge is 0.397 e. The summed E-state index contributed by atoms with van der Waals surface area (Å²) in [6, 6.07) is 3.97. The van der Waals surface area contributed by atoms with E-state index in [2.05, 4.69) is 0 Å². The van der Waals surface area contributed by atoms with Crippen molar-refractivity contribution in [3.8, 4) is 5.75 Å². The molecule has 0 saturated heterocycles. The van der Waals surface area contributed by atoms with E-state index >= 15 is 0 Å². The maximum atomic E-state index is 12.3. The van der Waals surface area contributed by atoms with Crippen LogP contribution in [0.25, 0.3) is 0 Å². The lowest BCUT2D eigenvalue weighted by Crippen LogP contribution is -2.40. The second-order valence-electron chi connectivity index (χ2n) is 4.14. The Morgan fingerprint density at radius 2 is 2.05 bits per heavy atom. The van der Waals surface area contributed by atoms with Crippen molar-refractivity contribution in [2.75, 3.05) is 18.1 Å². The van der Waals surface area contributed by atoms with E-state index < -0.39 is 24.5 Å². The lowest BCUT2D eigenvalue weighted by molar-refractivity contribution is -0.152. The highest BCUT2D eigenvalue weighted by atomic mass is 19.4. The van der Waals surface area contributed by atoms with Crippen molar-refractivity contribution in [3.05, 3.63) is 23.8 Å². The largest absolute Gasteiger partial charge is 0.489 e. The van der Waals surface area contributed by atoms with Gasteiger partial charge in [-0.05, 0) is 12.1 Å². The predicted molar refractivity (Wildman–Crippen MR) is 61.9 cm³/mol. The van der Waals surface area contributed by atoms with E-state index in [4.69, 9.17) is 9.84 Å². The van der Waals surface area contributed by atoms with E-state index in [1.165, 1.54) is 18.2 Å². The first-order valence-electron chi connectivity index (χ1n) is 5.66. The summed E-state index contributed by atoms with van der Waals surface area (Å²) in [4.78, 5) is 23.6. The summed E-state index contributed by atoms with van der Waals surface area (Å²) in [5.41, 5.74) is -0.141. The van der Waals surface area contributed by atoms with Gasteiger partial charge in [0.15, 0.2) is 5.75 Å². The zero-order valence-corrected chi connectivity index (χ0v) is 10.1. The Bertz CT molecular complexity index is 556. The summed E-state index contributed by atoms with van der Waals surface area (Å²) < 4.78 is 42.0. The highest BCUT2D eigenvalue weighted by molar-refractivity contribution is 6.00. The normalized spacial score (nSPS) is 14.4. The number of alkyl halides is 3. The minimum atomic E-state index is -4.61. The highest BCUT2D eigenvalue weighted by Crippen LogP contribution is 2.36. The molecule has 0 aromatic heterocycles. The number of amides is 1. The zero-order chi connectivity index (χ0) is 14.9. The molecule has 1 aliphatic rings. The number of carboxylic acids is 1. The third kappa shape index (κ3) is 2.84. The average Bonchev–Trinajstić information content (AvgIpc) is 2.35. The minimum absolute atomic E-state index is 0.0467. The molecule has 1 amide bonds. The molecular weight excluding hydrogens is 279 g/mol. The second kappa shape index (κ2) is 5.03. The van der Waals surface area contributed by atoms with Crippen molar-refractivity contribution < 1.29 is 32.6 Å². The Labute approximate surface area is 111 Å². The molecule has 0 saturated carbocycles. The van der Waals surface area contributed by atoms with Crippen molar-refractivity contribution in [3.63, 3.8) is 0 Å². The van der Waals surface area contributed by atoms with E-state index in [-0.39, 0.29) is 30.2 Å². The number of rotatable bonds is 2. The van der Waals surface area contributed by atoms with E-state index in [1.807, 2.05) is 0 Å². The van der Waals surface area contributed by atoms with Gasteiger partial charge in [-0.15, -0.1) is 0 Å². The molecule has 1 aromatic rings. The van der Waals surface area contributed by atoms with Crippen molar-refractivity contribution >= 4 is 17.6 Å². The maximum Gasteiger partial charge on any atom is 0.397 e. The number of carbonyl (C=O) groups excluding carboxylic acids is 1. The number of benzene rings is 1. The van der Waals surface area contributed by atoms with Crippen molar-refractivity contribution in [2.45, 2.75) is 12.6 Å². The first-order chi connectivity index (χ1) is 9.29. The van der Waals surface area contributed by atoms with Crippen molar-refractivity contribution in [1.82, 2.24) is 0 Å². The van der Waals surface area contributed by atoms with Gasteiger partial charge < -0.3 is 14.7 Å². The molecule has 0 fully saturated rings. The van der Waals surface area contributed by atoms with E-state index in [0.29, 0.717) is 0 Å². The van der Waals surface area contributed by atoms with Gasteiger partial charge in [0.1, 0.15) is 18.6 Å². The number of hydrogen-bond donors (Lipinski definition) is 1. The molecule has 8 heteroatoms. The molecule has 0 radical (unpaired) electrons. The molecule has 1 heterocycles. The molecule has 1 aromatic carbocycles. The zero-order valence-electron chi connectivity index (χ0n) is 10.1. The van der Waals surface area contributed by atoms with Crippen molar-refractivity contribution in [2.24, 2.45) is 0 Å². The molecule has 0 aliphatic carbocycles. The van der Waals surface area contributed by atoms with E-state index in [0.717, 1.165) is 4.90 Å². The first kappa shape index (κ1) is 14.2. The molecule has 1 N–H and O–H groups in total. The van der Waals surface area contributed by atoms with Crippen LogP contribution in [0.5, 0.6) is 5.75 Å². The van der Waals surface area contributed by atoms with Gasteiger partial charge in [-0.3, -0.25) is 4.79 Å². The number of hydrogen-bond acceptors (Lipinski definition) is 3. The van der Waals surface area contributed by atoms with Crippen LogP contribution in [0, 0.1) is 0 Å².